The van der Waals surface area contributed by atoms with Crippen molar-refractivity contribution in [1.82, 2.24) is 0 Å². The fourth-order valence-electron chi connectivity index (χ4n) is 3.31. The van der Waals surface area contributed by atoms with Crippen LogP contribution in [0.4, 0.5) is 14.5 Å². The Morgan fingerprint density at radius 1 is 1.11 bits per heavy atom. The van der Waals surface area contributed by atoms with Crippen molar-refractivity contribution < 1.29 is 18.4 Å². The number of carbonyl (C=O) groups is 2. The van der Waals surface area contributed by atoms with Gasteiger partial charge in [-0.2, -0.15) is 0 Å². The van der Waals surface area contributed by atoms with Gasteiger partial charge >= 0.3 is 0 Å². The second-order valence-electron chi connectivity index (χ2n) is 6.94. The first-order valence-electron chi connectivity index (χ1n) is 9.06. The number of hydrogen-bond donors (Lipinski definition) is 1. The number of rotatable bonds is 5. The predicted molar refractivity (Wildman–Crippen MR) is 108 cm³/mol. The summed E-state index contributed by atoms with van der Waals surface area (Å²) >= 11 is 7.11. The van der Waals surface area contributed by atoms with Gasteiger partial charge in [0, 0.05) is 27.3 Å². The molecule has 0 aliphatic heterocycles. The summed E-state index contributed by atoms with van der Waals surface area (Å²) in [4.78, 5) is 24.5. The Bertz CT molecular complexity index is 906. The van der Waals surface area contributed by atoms with Gasteiger partial charge in [0.05, 0.1) is 5.02 Å². The molecule has 1 fully saturated rings. The van der Waals surface area contributed by atoms with Crippen molar-refractivity contribution in [3.8, 4) is 0 Å². The number of thioether (sulfide) groups is 1. The number of halogens is 3. The van der Waals surface area contributed by atoms with Crippen molar-refractivity contribution in [2.24, 2.45) is 5.92 Å². The summed E-state index contributed by atoms with van der Waals surface area (Å²) < 4.78 is 27.5. The van der Waals surface area contributed by atoms with Crippen molar-refractivity contribution in [3.63, 3.8) is 0 Å². The Balaban J connectivity index is 1.72. The Hall–Kier alpha value is -1.92. The van der Waals surface area contributed by atoms with Crippen LogP contribution in [0.2, 0.25) is 5.02 Å². The molecule has 3 rings (SSSR count). The van der Waals surface area contributed by atoms with E-state index in [0.717, 1.165) is 25.7 Å². The first-order chi connectivity index (χ1) is 13.3. The van der Waals surface area contributed by atoms with E-state index in [2.05, 4.69) is 5.32 Å². The number of ketones is 1. The van der Waals surface area contributed by atoms with Crippen LogP contribution in [-0.4, -0.2) is 16.9 Å². The number of amides is 1. The molecular formula is C21H20ClF2NO2S. The van der Waals surface area contributed by atoms with Crippen LogP contribution in [0.1, 0.15) is 43.0 Å². The quantitative estimate of drug-likeness (QED) is 0.631. The van der Waals surface area contributed by atoms with Gasteiger partial charge in [0.1, 0.15) is 17.4 Å². The molecule has 1 unspecified atom stereocenters. The zero-order valence-corrected chi connectivity index (χ0v) is 16.9. The van der Waals surface area contributed by atoms with Crippen LogP contribution in [0.3, 0.4) is 0 Å². The van der Waals surface area contributed by atoms with E-state index in [-0.39, 0.29) is 22.0 Å². The minimum absolute atomic E-state index is 0.0315. The van der Waals surface area contributed by atoms with E-state index < -0.39 is 17.5 Å². The summed E-state index contributed by atoms with van der Waals surface area (Å²) in [5.74, 6) is -1.19. The molecule has 0 radical (unpaired) electrons. The van der Waals surface area contributed by atoms with Gasteiger partial charge in [0.25, 0.3) is 5.91 Å². The number of hydrogen-bond acceptors (Lipinski definition) is 3. The number of Topliss-reactive ketones (excluding diaryl/α,β-unsaturated/α-hetero) is 1. The smallest absolute Gasteiger partial charge is 0.255 e. The second kappa shape index (κ2) is 9.05. The molecule has 2 aromatic carbocycles. The maximum atomic E-state index is 14.3. The van der Waals surface area contributed by atoms with Crippen LogP contribution in [0.15, 0.2) is 41.3 Å². The van der Waals surface area contributed by atoms with E-state index in [4.69, 9.17) is 11.6 Å². The number of nitrogens with one attached hydrogen (secondary N) is 1. The van der Waals surface area contributed by atoms with Gasteiger partial charge < -0.3 is 5.32 Å². The maximum absolute atomic E-state index is 14.3. The molecule has 1 aliphatic rings. The fraction of sp³-hybridized carbons (Fsp3) is 0.333. The molecule has 1 amide bonds. The van der Waals surface area contributed by atoms with Crippen LogP contribution in [0, 0.1) is 17.6 Å². The van der Waals surface area contributed by atoms with E-state index in [9.17, 15) is 18.4 Å². The zero-order chi connectivity index (χ0) is 20.3. The largest absolute Gasteiger partial charge is 0.322 e. The van der Waals surface area contributed by atoms with E-state index in [1.54, 1.807) is 6.92 Å². The zero-order valence-electron chi connectivity index (χ0n) is 15.3. The van der Waals surface area contributed by atoms with E-state index in [0.29, 0.717) is 16.1 Å². The minimum atomic E-state index is -0.573. The highest BCUT2D eigenvalue weighted by Gasteiger charge is 2.26. The Labute approximate surface area is 171 Å². The van der Waals surface area contributed by atoms with Crippen LogP contribution in [-0.2, 0) is 4.79 Å². The number of benzene rings is 2. The summed E-state index contributed by atoms with van der Waals surface area (Å²) in [6.45, 7) is 1.60. The molecule has 2 aromatic rings. The second-order valence-corrected chi connectivity index (χ2v) is 8.69. The van der Waals surface area contributed by atoms with Gasteiger partial charge in [-0.15, -0.1) is 11.8 Å². The molecule has 0 spiro atoms. The van der Waals surface area contributed by atoms with Gasteiger partial charge in [-0.1, -0.05) is 18.0 Å². The summed E-state index contributed by atoms with van der Waals surface area (Å²) in [5, 5.41) is 2.68. The molecule has 0 aromatic heterocycles. The third kappa shape index (κ3) is 5.11. The summed E-state index contributed by atoms with van der Waals surface area (Å²) in [6.07, 6.45) is 3.47. The van der Waals surface area contributed by atoms with Gasteiger partial charge in [-0.25, -0.2) is 8.78 Å². The molecule has 3 nitrogen and oxygen atoms in total. The Kier molecular flexibility index (Phi) is 6.73. The standard InChI is InChI=1S/C21H20ClF2NO2S/c1-12(26)13-3-2-4-16(9-13)28-20-10-14(5-7-19(20)24)21(27)25-15-6-8-18(23)17(22)11-15/h5-8,10-11,13,16H,2-4,9H2,1H3,(H,25,27)/t13-,16?/m1/s1. The molecule has 2 atom stereocenters. The third-order valence-electron chi connectivity index (χ3n) is 4.87. The van der Waals surface area contributed by atoms with Crippen molar-refractivity contribution in [3.05, 3.63) is 58.6 Å². The fourth-order valence-corrected chi connectivity index (χ4v) is 4.84. The molecule has 28 heavy (non-hydrogen) atoms. The lowest BCUT2D eigenvalue weighted by molar-refractivity contribution is -0.121. The van der Waals surface area contributed by atoms with Crippen molar-refractivity contribution in [2.45, 2.75) is 42.8 Å². The van der Waals surface area contributed by atoms with Crippen molar-refractivity contribution in [1.29, 1.82) is 0 Å². The lowest BCUT2D eigenvalue weighted by Crippen LogP contribution is -2.22. The lowest BCUT2D eigenvalue weighted by Gasteiger charge is -2.27. The predicted octanol–water partition coefficient (Wildman–Crippen LogP) is 6.11. The maximum Gasteiger partial charge on any atom is 0.255 e. The lowest BCUT2D eigenvalue weighted by atomic mass is 9.86. The summed E-state index contributed by atoms with van der Waals surface area (Å²) in [7, 11) is 0. The topological polar surface area (TPSA) is 46.2 Å². The van der Waals surface area contributed by atoms with Gasteiger partial charge in [0.2, 0.25) is 0 Å². The number of carbonyl (C=O) groups excluding carboxylic acids is 2. The van der Waals surface area contributed by atoms with Crippen LogP contribution in [0.5, 0.6) is 0 Å². The molecule has 0 saturated heterocycles. The monoisotopic (exact) mass is 423 g/mol. The molecule has 1 N–H and O–H groups in total. The normalized spacial score (nSPS) is 19.3. The summed E-state index contributed by atoms with van der Waals surface area (Å²) in [5.41, 5.74) is 0.648. The van der Waals surface area contributed by atoms with Crippen molar-refractivity contribution in [2.75, 3.05) is 5.32 Å². The Morgan fingerprint density at radius 2 is 1.86 bits per heavy atom. The van der Waals surface area contributed by atoms with Gasteiger partial charge in [-0.05, 0) is 62.6 Å². The van der Waals surface area contributed by atoms with E-state index in [1.807, 2.05) is 0 Å². The van der Waals surface area contributed by atoms with Crippen molar-refractivity contribution >= 4 is 40.7 Å². The van der Waals surface area contributed by atoms with Gasteiger partial charge in [-0.3, -0.25) is 9.59 Å². The molecule has 1 aliphatic carbocycles. The molecule has 7 heteroatoms. The first kappa shape index (κ1) is 20.8. The molecule has 148 valence electrons. The first-order valence-corrected chi connectivity index (χ1v) is 10.3. The highest BCUT2D eigenvalue weighted by atomic mass is 35.5. The van der Waals surface area contributed by atoms with Crippen LogP contribution < -0.4 is 5.32 Å². The molecule has 1 saturated carbocycles. The molecule has 0 heterocycles. The van der Waals surface area contributed by atoms with Crippen LogP contribution in [0.25, 0.3) is 0 Å². The average molecular weight is 424 g/mol. The SMILES string of the molecule is CC(=O)[C@@H]1CCCC(Sc2cc(C(=O)Nc3ccc(F)c(Cl)c3)ccc2F)C1. The highest BCUT2D eigenvalue weighted by Crippen LogP contribution is 2.38. The average Bonchev–Trinajstić information content (AvgIpc) is 2.66. The van der Waals surface area contributed by atoms with E-state index >= 15 is 0 Å². The Morgan fingerprint density at radius 3 is 2.57 bits per heavy atom. The molecular weight excluding hydrogens is 404 g/mol. The minimum Gasteiger partial charge on any atom is -0.322 e. The van der Waals surface area contributed by atoms with E-state index in [1.165, 1.54) is 48.2 Å². The summed E-state index contributed by atoms with van der Waals surface area (Å²) in [6, 6.07) is 8.07. The third-order valence-corrected chi connectivity index (χ3v) is 6.48. The number of anilines is 1. The van der Waals surface area contributed by atoms with Crippen LogP contribution >= 0.6 is 23.4 Å². The van der Waals surface area contributed by atoms with Gasteiger partial charge in [0.15, 0.2) is 0 Å². The highest BCUT2D eigenvalue weighted by molar-refractivity contribution is 8.00. The molecule has 0 bridgehead atoms.